The minimum Gasteiger partial charge on any atom is -0.357 e. The number of hydrogen-bond donors (Lipinski definition) is 2. The van der Waals surface area contributed by atoms with Gasteiger partial charge in [-0.2, -0.15) is 5.10 Å². The third-order valence-corrected chi connectivity index (χ3v) is 4.87. The second-order valence-corrected chi connectivity index (χ2v) is 6.86. The lowest BCUT2D eigenvalue weighted by Gasteiger charge is -2.29. The molecule has 0 radical (unpaired) electrons. The molecular formula is C20H29N7O. The van der Waals surface area contributed by atoms with Crippen molar-refractivity contribution in [1.29, 1.82) is 0 Å². The van der Waals surface area contributed by atoms with Crippen LogP contribution in [-0.2, 0) is 31.4 Å². The fourth-order valence-corrected chi connectivity index (χ4v) is 3.27. The molecule has 1 aromatic carbocycles. The average Bonchev–Trinajstić information content (AvgIpc) is 3.13. The maximum absolute atomic E-state index is 12.5. The fourth-order valence-electron chi connectivity index (χ4n) is 3.27. The number of nitrogens with zero attached hydrogens (tertiary/aromatic N) is 5. The molecule has 1 aliphatic heterocycles. The van der Waals surface area contributed by atoms with Crippen LogP contribution in [0.25, 0.3) is 0 Å². The minimum atomic E-state index is 0.220. The summed E-state index contributed by atoms with van der Waals surface area (Å²) in [4.78, 5) is 23.2. The van der Waals surface area contributed by atoms with Crippen molar-refractivity contribution in [3.8, 4) is 0 Å². The van der Waals surface area contributed by atoms with Crippen LogP contribution < -0.4 is 10.6 Å². The molecule has 0 saturated heterocycles. The van der Waals surface area contributed by atoms with Gasteiger partial charge in [0.15, 0.2) is 5.96 Å². The molecule has 1 aromatic heterocycles. The van der Waals surface area contributed by atoms with E-state index in [2.05, 4.69) is 43.9 Å². The number of benzene rings is 1. The van der Waals surface area contributed by atoms with Gasteiger partial charge < -0.3 is 15.5 Å². The van der Waals surface area contributed by atoms with Gasteiger partial charge in [-0.1, -0.05) is 24.3 Å². The quantitative estimate of drug-likeness (QED) is 0.427. The van der Waals surface area contributed by atoms with Crippen molar-refractivity contribution in [3.63, 3.8) is 0 Å². The van der Waals surface area contributed by atoms with Crippen LogP contribution in [0.2, 0.25) is 0 Å². The van der Waals surface area contributed by atoms with Gasteiger partial charge in [0.25, 0.3) is 0 Å². The second-order valence-electron chi connectivity index (χ2n) is 6.86. The van der Waals surface area contributed by atoms with Crippen molar-refractivity contribution in [1.82, 2.24) is 30.3 Å². The maximum atomic E-state index is 12.5. The Morgan fingerprint density at radius 3 is 2.82 bits per heavy atom. The molecule has 2 aromatic rings. The predicted octanol–water partition coefficient (Wildman–Crippen LogP) is 1.24. The number of amides is 1. The van der Waals surface area contributed by atoms with E-state index in [4.69, 9.17) is 0 Å². The molecule has 8 nitrogen and oxygen atoms in total. The summed E-state index contributed by atoms with van der Waals surface area (Å²) in [6.45, 7) is 5.49. The van der Waals surface area contributed by atoms with Gasteiger partial charge >= 0.3 is 0 Å². The Balaban J connectivity index is 1.42. The number of aryl methyl sites for hydroxylation is 1. The number of guanidine groups is 1. The molecule has 1 amide bonds. The molecule has 28 heavy (non-hydrogen) atoms. The summed E-state index contributed by atoms with van der Waals surface area (Å²) in [5.74, 6) is 1.75. The van der Waals surface area contributed by atoms with Gasteiger partial charge in [-0.25, -0.2) is 9.98 Å². The topological polar surface area (TPSA) is 87.4 Å². The number of aliphatic imine (C=N–C) groups is 1. The van der Waals surface area contributed by atoms with E-state index in [9.17, 15) is 4.79 Å². The van der Waals surface area contributed by atoms with E-state index >= 15 is 0 Å². The number of fused-ring (bicyclic) bond motifs is 1. The normalized spacial score (nSPS) is 13.9. The second kappa shape index (κ2) is 9.87. The third-order valence-electron chi connectivity index (χ3n) is 4.87. The fraction of sp³-hybridized carbons (Fsp3) is 0.500. The van der Waals surface area contributed by atoms with Crippen LogP contribution in [0.4, 0.5) is 0 Å². The summed E-state index contributed by atoms with van der Waals surface area (Å²) >= 11 is 0. The lowest BCUT2D eigenvalue weighted by molar-refractivity contribution is -0.132. The summed E-state index contributed by atoms with van der Waals surface area (Å²) in [7, 11) is 1.85. The van der Waals surface area contributed by atoms with E-state index in [1.54, 1.807) is 4.68 Å². The highest BCUT2D eigenvalue weighted by Gasteiger charge is 2.19. The van der Waals surface area contributed by atoms with Crippen LogP contribution in [-0.4, -0.2) is 51.2 Å². The summed E-state index contributed by atoms with van der Waals surface area (Å²) in [6.07, 6.45) is 3.78. The van der Waals surface area contributed by atoms with Crippen molar-refractivity contribution >= 4 is 11.9 Å². The summed E-state index contributed by atoms with van der Waals surface area (Å²) in [5, 5.41) is 10.5. The molecule has 0 saturated carbocycles. The molecule has 2 N–H and O–H groups in total. The molecule has 0 fully saturated rings. The zero-order chi connectivity index (χ0) is 19.8. The number of aromatic nitrogens is 3. The Morgan fingerprint density at radius 2 is 2.07 bits per heavy atom. The molecule has 8 heteroatoms. The van der Waals surface area contributed by atoms with Gasteiger partial charge in [0.2, 0.25) is 5.91 Å². The molecular weight excluding hydrogens is 354 g/mol. The number of nitrogens with one attached hydrogen (secondary N) is 2. The van der Waals surface area contributed by atoms with Crippen LogP contribution in [0.5, 0.6) is 0 Å². The Labute approximate surface area is 166 Å². The van der Waals surface area contributed by atoms with Crippen molar-refractivity contribution < 1.29 is 4.79 Å². The monoisotopic (exact) mass is 383 g/mol. The van der Waals surface area contributed by atoms with Crippen LogP contribution >= 0.6 is 0 Å². The molecule has 0 spiro atoms. The molecule has 0 atom stereocenters. The van der Waals surface area contributed by atoms with E-state index < -0.39 is 0 Å². The van der Waals surface area contributed by atoms with Crippen molar-refractivity contribution in [3.05, 3.63) is 47.5 Å². The highest BCUT2D eigenvalue weighted by atomic mass is 16.2. The lowest BCUT2D eigenvalue weighted by Crippen LogP contribution is -2.39. The van der Waals surface area contributed by atoms with Gasteiger partial charge in [-0.15, -0.1) is 0 Å². The van der Waals surface area contributed by atoms with E-state index in [1.165, 1.54) is 17.5 Å². The summed E-state index contributed by atoms with van der Waals surface area (Å²) in [6, 6.07) is 8.38. The molecule has 0 aliphatic carbocycles. The van der Waals surface area contributed by atoms with Gasteiger partial charge in [0, 0.05) is 39.6 Å². The average molecular weight is 384 g/mol. The highest BCUT2D eigenvalue weighted by Crippen LogP contribution is 2.19. The zero-order valence-corrected chi connectivity index (χ0v) is 16.7. The number of carbonyl (C=O) groups excluding carboxylic acids is 1. The Bertz CT molecular complexity index is 814. The smallest absolute Gasteiger partial charge is 0.222 e. The Morgan fingerprint density at radius 1 is 1.25 bits per heavy atom. The van der Waals surface area contributed by atoms with Gasteiger partial charge in [-0.05, 0) is 30.9 Å². The van der Waals surface area contributed by atoms with Crippen molar-refractivity contribution in [2.24, 2.45) is 12.0 Å². The highest BCUT2D eigenvalue weighted by molar-refractivity contribution is 5.80. The van der Waals surface area contributed by atoms with Crippen LogP contribution in [0.3, 0.4) is 0 Å². The maximum Gasteiger partial charge on any atom is 0.222 e. The number of carbonyl (C=O) groups is 1. The van der Waals surface area contributed by atoms with E-state index in [0.29, 0.717) is 19.5 Å². The third kappa shape index (κ3) is 5.31. The minimum absolute atomic E-state index is 0.220. The SMILES string of the molecule is CCNC(=NCc1ncnn1C)NCCCC(=O)N1CCc2ccccc2C1. The van der Waals surface area contributed by atoms with E-state index in [1.807, 2.05) is 24.9 Å². The molecule has 1 aliphatic rings. The zero-order valence-electron chi connectivity index (χ0n) is 16.7. The van der Waals surface area contributed by atoms with Crippen LogP contribution in [0.1, 0.15) is 36.7 Å². The predicted molar refractivity (Wildman–Crippen MR) is 109 cm³/mol. The lowest BCUT2D eigenvalue weighted by atomic mass is 9.99. The first-order valence-corrected chi connectivity index (χ1v) is 9.87. The van der Waals surface area contributed by atoms with Gasteiger partial charge in [-0.3, -0.25) is 9.48 Å². The van der Waals surface area contributed by atoms with Crippen molar-refractivity contribution in [2.45, 2.75) is 39.3 Å². The first kappa shape index (κ1) is 19.9. The molecule has 0 unspecified atom stereocenters. The largest absolute Gasteiger partial charge is 0.357 e. The van der Waals surface area contributed by atoms with Crippen LogP contribution in [0, 0.1) is 0 Å². The van der Waals surface area contributed by atoms with E-state index in [-0.39, 0.29) is 5.91 Å². The molecule has 2 heterocycles. The Hall–Kier alpha value is -2.90. The molecule has 0 bridgehead atoms. The summed E-state index contributed by atoms with van der Waals surface area (Å²) < 4.78 is 1.71. The van der Waals surface area contributed by atoms with Crippen molar-refractivity contribution in [2.75, 3.05) is 19.6 Å². The first-order chi connectivity index (χ1) is 13.7. The number of hydrogen-bond acceptors (Lipinski definition) is 4. The Kier molecular flexibility index (Phi) is 7.00. The van der Waals surface area contributed by atoms with Gasteiger partial charge in [0.05, 0.1) is 0 Å². The first-order valence-electron chi connectivity index (χ1n) is 9.87. The molecule has 3 rings (SSSR count). The molecule has 150 valence electrons. The summed E-state index contributed by atoms with van der Waals surface area (Å²) in [5.41, 5.74) is 2.63. The van der Waals surface area contributed by atoms with Gasteiger partial charge in [0.1, 0.15) is 18.7 Å². The van der Waals surface area contributed by atoms with E-state index in [0.717, 1.165) is 44.3 Å². The number of rotatable bonds is 7. The standard InChI is InChI=1S/C20H29N7O/c1-3-21-20(23-13-18-24-15-25-26(18)2)22-11-6-9-19(28)27-12-10-16-7-4-5-8-17(16)14-27/h4-5,7-8,15H,3,6,9-14H2,1-2H3,(H2,21,22,23). The van der Waals surface area contributed by atoms with Crippen LogP contribution in [0.15, 0.2) is 35.6 Å².